The molecule has 2 heterocycles. The fourth-order valence-electron chi connectivity index (χ4n) is 3.88. The molecule has 1 amide bonds. The molecule has 0 spiro atoms. The van der Waals surface area contributed by atoms with Crippen LogP contribution in [-0.2, 0) is 9.84 Å². The highest BCUT2D eigenvalue weighted by atomic mass is 35.5. The van der Waals surface area contributed by atoms with Crippen molar-refractivity contribution in [1.82, 2.24) is 0 Å². The zero-order valence-corrected chi connectivity index (χ0v) is 21.1. The first-order valence-corrected chi connectivity index (χ1v) is 14.0. The Hall–Kier alpha value is -3.01. The van der Waals surface area contributed by atoms with Gasteiger partial charge in [0.1, 0.15) is 11.5 Å². The van der Waals surface area contributed by atoms with Crippen molar-refractivity contribution in [1.29, 1.82) is 0 Å². The van der Waals surface area contributed by atoms with E-state index in [0.29, 0.717) is 32.9 Å². The second kappa shape index (κ2) is 9.56. The van der Waals surface area contributed by atoms with Crippen LogP contribution in [0.25, 0.3) is 0 Å². The van der Waals surface area contributed by atoms with Gasteiger partial charge in [-0.1, -0.05) is 29.4 Å². The lowest BCUT2D eigenvalue weighted by Gasteiger charge is -2.12. The Morgan fingerprint density at radius 2 is 1.71 bits per heavy atom. The summed E-state index contributed by atoms with van der Waals surface area (Å²) < 4.78 is 29.4. The minimum Gasteiger partial charge on any atom is -0.457 e. The zero-order valence-electron chi connectivity index (χ0n) is 18.7. The first-order valence-electron chi connectivity index (χ1n) is 10.9. The molecule has 7 nitrogen and oxygen atoms in total. The molecule has 180 valence electrons. The molecule has 2 N–H and O–H groups in total. The first-order chi connectivity index (χ1) is 16.7. The molecule has 0 bridgehead atoms. The van der Waals surface area contributed by atoms with Crippen molar-refractivity contribution < 1.29 is 17.9 Å². The van der Waals surface area contributed by atoms with Crippen molar-refractivity contribution in [3.8, 4) is 11.5 Å². The smallest absolute Gasteiger partial charge is 0.255 e. The number of benzene rings is 3. The van der Waals surface area contributed by atoms with Gasteiger partial charge in [-0.25, -0.2) is 8.42 Å². The lowest BCUT2D eigenvalue weighted by Crippen LogP contribution is -2.14. The quantitative estimate of drug-likeness (QED) is 0.463. The predicted octanol–water partition coefficient (Wildman–Crippen LogP) is 5.37. The third-order valence-corrected chi connectivity index (χ3v) is 9.11. The summed E-state index contributed by atoms with van der Waals surface area (Å²) in [5, 5.41) is 7.45. The van der Waals surface area contributed by atoms with Crippen LogP contribution in [0.1, 0.15) is 15.9 Å². The van der Waals surface area contributed by atoms with Gasteiger partial charge >= 0.3 is 0 Å². The van der Waals surface area contributed by atoms with Crippen molar-refractivity contribution in [3.63, 3.8) is 0 Å². The lowest BCUT2D eigenvalue weighted by atomic mass is 10.1. The van der Waals surface area contributed by atoms with Crippen molar-refractivity contribution in [2.45, 2.75) is 18.2 Å². The van der Waals surface area contributed by atoms with Crippen LogP contribution in [0.2, 0.25) is 5.02 Å². The molecule has 0 unspecified atom stereocenters. The number of halogens is 1. The zero-order chi connectivity index (χ0) is 24.6. The molecule has 0 saturated carbocycles. The average molecular weight is 528 g/mol. The Bertz CT molecular complexity index is 1410. The van der Waals surface area contributed by atoms with Crippen LogP contribution >= 0.6 is 23.4 Å². The number of anilines is 2. The fraction of sp³-hybridized carbons (Fsp3) is 0.200. The highest BCUT2D eigenvalue weighted by molar-refractivity contribution is 8.15. The van der Waals surface area contributed by atoms with Crippen LogP contribution in [0.5, 0.6) is 11.5 Å². The molecule has 5 rings (SSSR count). The van der Waals surface area contributed by atoms with E-state index in [9.17, 15) is 13.2 Å². The topological polar surface area (TPSA) is 96.9 Å². The maximum absolute atomic E-state index is 12.9. The number of sulfone groups is 1. The summed E-state index contributed by atoms with van der Waals surface area (Å²) in [4.78, 5) is 17.4. The Balaban J connectivity index is 1.23. The van der Waals surface area contributed by atoms with Gasteiger partial charge in [-0.15, -0.1) is 0 Å². The number of thioether (sulfide) groups is 1. The van der Waals surface area contributed by atoms with Gasteiger partial charge in [-0.3, -0.25) is 9.79 Å². The van der Waals surface area contributed by atoms with Crippen LogP contribution in [0.15, 0.2) is 71.7 Å². The number of amidine groups is 1. The summed E-state index contributed by atoms with van der Waals surface area (Å²) in [6.45, 7) is 1.94. The van der Waals surface area contributed by atoms with Crippen molar-refractivity contribution in [2.75, 3.05) is 22.1 Å². The maximum Gasteiger partial charge on any atom is 0.255 e. The number of ether oxygens (including phenoxy) is 1. The van der Waals surface area contributed by atoms with Gasteiger partial charge in [0.2, 0.25) is 0 Å². The van der Waals surface area contributed by atoms with Gasteiger partial charge in [0.25, 0.3) is 5.91 Å². The monoisotopic (exact) mass is 527 g/mol. The van der Waals surface area contributed by atoms with Crippen molar-refractivity contribution in [3.05, 3.63) is 82.9 Å². The van der Waals surface area contributed by atoms with Gasteiger partial charge in [-0.2, -0.15) is 0 Å². The highest BCUT2D eigenvalue weighted by Gasteiger charge is 2.42. The van der Waals surface area contributed by atoms with E-state index < -0.39 is 9.84 Å². The second-order valence-corrected chi connectivity index (χ2v) is 12.2. The van der Waals surface area contributed by atoms with E-state index in [0.717, 1.165) is 11.3 Å². The number of rotatable bonds is 5. The number of aliphatic imine (C=N–C) groups is 1. The van der Waals surface area contributed by atoms with E-state index >= 15 is 0 Å². The first kappa shape index (κ1) is 23.7. The molecular weight excluding hydrogens is 506 g/mol. The number of hydrogen-bond acceptors (Lipinski definition) is 7. The highest BCUT2D eigenvalue weighted by Crippen LogP contribution is 2.35. The van der Waals surface area contributed by atoms with Gasteiger partial charge in [0.05, 0.1) is 17.5 Å². The molecule has 2 atom stereocenters. The average Bonchev–Trinajstić information content (AvgIpc) is 3.30. The number of nitrogens with zero attached hydrogens (tertiary/aromatic N) is 1. The van der Waals surface area contributed by atoms with Crippen molar-refractivity contribution >= 4 is 55.6 Å². The third kappa shape index (κ3) is 5.63. The summed E-state index contributed by atoms with van der Waals surface area (Å²) in [6, 6.07) is 19.4. The summed E-state index contributed by atoms with van der Waals surface area (Å²) >= 11 is 7.34. The van der Waals surface area contributed by atoms with Crippen LogP contribution in [0, 0.1) is 6.92 Å². The Morgan fingerprint density at radius 3 is 2.40 bits per heavy atom. The molecule has 1 saturated heterocycles. The SMILES string of the molecule is Cc1ccc(C(=O)Nc2ccc(Oc3ccc(Cl)cc3)cc2)cc1NC1=N[C@@H]2CS(=O)(=O)C[C@H]2S1. The second-order valence-electron chi connectivity index (χ2n) is 8.42. The Labute approximate surface area is 212 Å². The van der Waals surface area contributed by atoms with Gasteiger partial charge in [0.15, 0.2) is 15.0 Å². The molecule has 0 aliphatic carbocycles. The minimum absolute atomic E-state index is 0.0408. The predicted molar refractivity (Wildman–Crippen MR) is 142 cm³/mol. The molecule has 3 aromatic rings. The van der Waals surface area contributed by atoms with E-state index in [1.807, 2.05) is 13.0 Å². The van der Waals surface area contributed by atoms with E-state index in [4.69, 9.17) is 16.3 Å². The fourth-order valence-corrected chi connectivity index (χ4v) is 7.67. The Kier molecular flexibility index (Phi) is 6.48. The van der Waals surface area contributed by atoms with Crippen molar-refractivity contribution in [2.24, 2.45) is 4.99 Å². The number of carbonyl (C=O) groups is 1. The number of aryl methyl sites for hydroxylation is 1. The van der Waals surface area contributed by atoms with Crippen LogP contribution in [-0.4, -0.2) is 42.3 Å². The third-order valence-electron chi connectivity index (χ3n) is 5.72. The largest absolute Gasteiger partial charge is 0.457 e. The number of hydrogen-bond donors (Lipinski definition) is 2. The summed E-state index contributed by atoms with van der Waals surface area (Å²) in [6.07, 6.45) is 0. The number of nitrogens with one attached hydrogen (secondary N) is 2. The van der Waals surface area contributed by atoms with Crippen LogP contribution in [0.4, 0.5) is 11.4 Å². The molecule has 1 fully saturated rings. The molecule has 3 aromatic carbocycles. The normalized spacial score (nSPS) is 20.1. The summed E-state index contributed by atoms with van der Waals surface area (Å²) in [5.41, 5.74) is 2.85. The molecule has 2 aliphatic heterocycles. The minimum atomic E-state index is -3.00. The van der Waals surface area contributed by atoms with E-state index in [1.54, 1.807) is 60.7 Å². The molecule has 35 heavy (non-hydrogen) atoms. The number of fused-ring (bicyclic) bond motifs is 1. The summed E-state index contributed by atoms with van der Waals surface area (Å²) in [7, 11) is -3.00. The molecule has 0 aromatic heterocycles. The number of amides is 1. The molecule has 0 radical (unpaired) electrons. The Morgan fingerprint density at radius 1 is 1.03 bits per heavy atom. The maximum atomic E-state index is 12.9. The standard InChI is InChI=1S/C25H22ClN3O4S2/c1-15-2-3-16(12-21(15)28-25-29-22-13-35(31,32)14-23(22)34-25)24(30)27-18-6-10-20(11-7-18)33-19-8-4-17(26)5-9-19/h2-12,22-23H,13-14H2,1H3,(H,27,30)(H,28,29)/t22-,23-/m1/s1. The molecule has 2 aliphatic rings. The van der Waals surface area contributed by atoms with E-state index in [-0.39, 0.29) is 28.7 Å². The number of carbonyl (C=O) groups excluding carboxylic acids is 1. The van der Waals surface area contributed by atoms with Gasteiger partial charge in [0, 0.05) is 27.2 Å². The van der Waals surface area contributed by atoms with E-state index in [1.165, 1.54) is 11.8 Å². The van der Waals surface area contributed by atoms with E-state index in [2.05, 4.69) is 15.6 Å². The van der Waals surface area contributed by atoms with Gasteiger partial charge < -0.3 is 15.4 Å². The van der Waals surface area contributed by atoms with Gasteiger partial charge in [-0.05, 0) is 73.2 Å². The molecule has 10 heteroatoms. The summed E-state index contributed by atoms with van der Waals surface area (Å²) in [5.74, 6) is 1.31. The molecular formula is C25H22ClN3O4S2. The van der Waals surface area contributed by atoms with Crippen LogP contribution in [0.3, 0.4) is 0 Å². The van der Waals surface area contributed by atoms with Crippen LogP contribution < -0.4 is 15.4 Å². The lowest BCUT2D eigenvalue weighted by molar-refractivity contribution is 0.102.